The zero-order valence-corrected chi connectivity index (χ0v) is 13.2. The van der Waals surface area contributed by atoms with Crippen LogP contribution >= 0.6 is 0 Å². The lowest BCUT2D eigenvalue weighted by atomic mass is 9.75. The number of hydrogen-bond acceptors (Lipinski definition) is 4. The summed E-state index contributed by atoms with van der Waals surface area (Å²) in [4.78, 5) is 4.62. The molecule has 1 aromatic heterocycles. The van der Waals surface area contributed by atoms with E-state index in [-0.39, 0.29) is 11.5 Å². The molecule has 0 aliphatic carbocycles. The highest BCUT2D eigenvalue weighted by Crippen LogP contribution is 2.37. The second kappa shape index (κ2) is 6.85. The van der Waals surface area contributed by atoms with Gasteiger partial charge in [-0.3, -0.25) is 0 Å². The van der Waals surface area contributed by atoms with Crippen LogP contribution in [-0.4, -0.2) is 10.1 Å². The predicted octanol–water partition coefficient (Wildman–Crippen LogP) is 3.98. The van der Waals surface area contributed by atoms with E-state index in [1.807, 2.05) is 6.07 Å². The first kappa shape index (κ1) is 15.7. The van der Waals surface area contributed by atoms with Crippen LogP contribution in [0.3, 0.4) is 0 Å². The molecular weight excluding hydrogens is 262 g/mol. The summed E-state index contributed by atoms with van der Waals surface area (Å²) in [7, 11) is 0. The van der Waals surface area contributed by atoms with Crippen LogP contribution in [-0.2, 0) is 5.41 Å². The first-order valence-corrected chi connectivity index (χ1v) is 7.83. The van der Waals surface area contributed by atoms with Crippen molar-refractivity contribution in [2.45, 2.75) is 57.9 Å². The molecule has 4 heteroatoms. The van der Waals surface area contributed by atoms with Crippen LogP contribution < -0.4 is 5.73 Å². The molecule has 0 spiro atoms. The molecule has 2 aromatic rings. The largest absolute Gasteiger partial charge is 0.338 e. The van der Waals surface area contributed by atoms with Gasteiger partial charge in [0, 0.05) is 0 Å². The second-order valence-corrected chi connectivity index (χ2v) is 5.51. The molecule has 0 amide bonds. The van der Waals surface area contributed by atoms with Gasteiger partial charge in [-0.2, -0.15) is 4.98 Å². The Hall–Kier alpha value is -1.68. The Kier molecular flexibility index (Phi) is 5.12. The fraction of sp³-hybridized carbons (Fsp3) is 0.529. The van der Waals surface area contributed by atoms with Gasteiger partial charge in [0.15, 0.2) is 5.82 Å². The summed E-state index contributed by atoms with van der Waals surface area (Å²) >= 11 is 0. The van der Waals surface area contributed by atoms with Crippen molar-refractivity contribution in [2.24, 2.45) is 5.73 Å². The maximum atomic E-state index is 6.09. The molecule has 1 atom stereocenters. The van der Waals surface area contributed by atoms with Crippen molar-refractivity contribution in [2.75, 3.05) is 0 Å². The average Bonchev–Trinajstić information content (AvgIpc) is 3.01. The molecule has 0 fully saturated rings. The van der Waals surface area contributed by atoms with Gasteiger partial charge < -0.3 is 10.3 Å². The predicted molar refractivity (Wildman–Crippen MR) is 83.9 cm³/mol. The molecule has 0 unspecified atom stereocenters. The summed E-state index contributed by atoms with van der Waals surface area (Å²) in [5.74, 6) is 1.30. The minimum Gasteiger partial charge on any atom is -0.338 e. The highest BCUT2D eigenvalue weighted by atomic mass is 16.5. The van der Waals surface area contributed by atoms with Gasteiger partial charge in [0.2, 0.25) is 5.89 Å². The molecule has 0 bridgehead atoms. The summed E-state index contributed by atoms with van der Waals surface area (Å²) in [5.41, 5.74) is 7.12. The first-order chi connectivity index (χ1) is 10.2. The maximum absolute atomic E-state index is 6.09. The Labute approximate surface area is 126 Å². The lowest BCUT2D eigenvalue weighted by Crippen LogP contribution is -2.27. The minimum atomic E-state index is -0.199. The van der Waals surface area contributed by atoms with Crippen molar-refractivity contribution in [3.63, 3.8) is 0 Å². The monoisotopic (exact) mass is 287 g/mol. The highest BCUT2D eigenvalue weighted by molar-refractivity contribution is 5.32. The maximum Gasteiger partial charge on any atom is 0.243 e. The van der Waals surface area contributed by atoms with E-state index in [2.05, 4.69) is 55.2 Å². The molecule has 114 valence electrons. The van der Waals surface area contributed by atoms with Crippen LogP contribution in [0.25, 0.3) is 0 Å². The van der Waals surface area contributed by atoms with Gasteiger partial charge in [0.1, 0.15) is 0 Å². The summed E-state index contributed by atoms with van der Waals surface area (Å²) in [5, 5.41) is 4.24. The van der Waals surface area contributed by atoms with Crippen LogP contribution in [0.4, 0.5) is 0 Å². The SMILES string of the molecule is CCC[C@@H](N)c1nc(C(CC)(CC)c2ccccc2)no1. The standard InChI is InChI=1S/C17H25N3O/c1-4-10-14(18)15-19-16(20-21-15)17(5-2,6-3)13-11-8-7-9-12-13/h7-9,11-12,14H,4-6,10,18H2,1-3H3/t14-/m1/s1. The van der Waals surface area contributed by atoms with Gasteiger partial charge in [-0.25, -0.2) is 0 Å². The van der Waals surface area contributed by atoms with Gasteiger partial charge in [-0.05, 0) is 24.8 Å². The normalized spacial score (nSPS) is 13.3. The van der Waals surface area contributed by atoms with Crippen LogP contribution in [0.2, 0.25) is 0 Å². The molecular formula is C17H25N3O. The van der Waals surface area contributed by atoms with Crippen molar-refractivity contribution in [1.29, 1.82) is 0 Å². The van der Waals surface area contributed by atoms with Crippen molar-refractivity contribution in [3.05, 3.63) is 47.6 Å². The summed E-state index contributed by atoms with van der Waals surface area (Å²) in [6, 6.07) is 10.2. The Morgan fingerprint density at radius 3 is 2.38 bits per heavy atom. The molecule has 0 aliphatic heterocycles. The van der Waals surface area contributed by atoms with Crippen molar-refractivity contribution in [1.82, 2.24) is 10.1 Å². The van der Waals surface area contributed by atoms with Gasteiger partial charge in [-0.1, -0.05) is 62.7 Å². The van der Waals surface area contributed by atoms with Gasteiger partial charge in [0.25, 0.3) is 0 Å². The van der Waals surface area contributed by atoms with Gasteiger partial charge in [-0.15, -0.1) is 0 Å². The third-order valence-electron chi connectivity index (χ3n) is 4.32. The molecule has 1 aromatic carbocycles. The van der Waals surface area contributed by atoms with E-state index in [1.165, 1.54) is 5.56 Å². The van der Waals surface area contributed by atoms with E-state index in [9.17, 15) is 0 Å². The molecule has 0 saturated carbocycles. The van der Waals surface area contributed by atoms with Crippen molar-refractivity contribution < 1.29 is 4.52 Å². The number of hydrogen-bond donors (Lipinski definition) is 1. The zero-order chi connectivity index (χ0) is 15.3. The fourth-order valence-corrected chi connectivity index (χ4v) is 2.88. The van der Waals surface area contributed by atoms with E-state index in [0.29, 0.717) is 5.89 Å². The lowest BCUT2D eigenvalue weighted by Gasteiger charge is -2.28. The van der Waals surface area contributed by atoms with Gasteiger partial charge >= 0.3 is 0 Å². The van der Waals surface area contributed by atoms with Gasteiger partial charge in [0.05, 0.1) is 11.5 Å². The molecule has 21 heavy (non-hydrogen) atoms. The number of rotatable bonds is 7. The Bertz CT molecular complexity index is 546. The molecule has 0 saturated heterocycles. The molecule has 0 radical (unpaired) electrons. The topological polar surface area (TPSA) is 64.9 Å². The third-order valence-corrected chi connectivity index (χ3v) is 4.32. The van der Waals surface area contributed by atoms with E-state index in [0.717, 1.165) is 31.5 Å². The van der Waals surface area contributed by atoms with Crippen LogP contribution in [0.1, 0.15) is 69.8 Å². The Morgan fingerprint density at radius 1 is 1.14 bits per heavy atom. The summed E-state index contributed by atoms with van der Waals surface area (Å²) in [6.45, 7) is 6.43. The highest BCUT2D eigenvalue weighted by Gasteiger charge is 2.36. The third kappa shape index (κ3) is 3.00. The number of aromatic nitrogens is 2. The van der Waals surface area contributed by atoms with E-state index < -0.39 is 0 Å². The van der Waals surface area contributed by atoms with E-state index in [1.54, 1.807) is 0 Å². The molecule has 1 heterocycles. The average molecular weight is 287 g/mol. The smallest absolute Gasteiger partial charge is 0.243 e. The Morgan fingerprint density at radius 2 is 1.81 bits per heavy atom. The fourth-order valence-electron chi connectivity index (χ4n) is 2.88. The van der Waals surface area contributed by atoms with E-state index in [4.69, 9.17) is 10.3 Å². The molecule has 2 N–H and O–H groups in total. The molecule has 0 aliphatic rings. The van der Waals surface area contributed by atoms with Crippen molar-refractivity contribution >= 4 is 0 Å². The molecule has 4 nitrogen and oxygen atoms in total. The van der Waals surface area contributed by atoms with Crippen molar-refractivity contribution in [3.8, 4) is 0 Å². The number of nitrogens with two attached hydrogens (primary N) is 1. The Balaban J connectivity index is 2.40. The molecule has 2 rings (SSSR count). The zero-order valence-electron chi connectivity index (χ0n) is 13.2. The minimum absolute atomic E-state index is 0.168. The number of nitrogens with zero attached hydrogens (tertiary/aromatic N) is 2. The number of benzene rings is 1. The van der Waals surface area contributed by atoms with Crippen LogP contribution in [0.15, 0.2) is 34.9 Å². The summed E-state index contributed by atoms with van der Waals surface area (Å²) < 4.78 is 5.42. The van der Waals surface area contributed by atoms with Crippen LogP contribution in [0, 0.1) is 0 Å². The first-order valence-electron chi connectivity index (χ1n) is 7.83. The second-order valence-electron chi connectivity index (χ2n) is 5.51. The van der Waals surface area contributed by atoms with E-state index >= 15 is 0 Å². The quantitative estimate of drug-likeness (QED) is 0.836. The van der Waals surface area contributed by atoms with Crippen LogP contribution in [0.5, 0.6) is 0 Å². The summed E-state index contributed by atoms with van der Waals surface area (Å²) in [6.07, 6.45) is 3.72. The lowest BCUT2D eigenvalue weighted by molar-refractivity contribution is 0.333.